The largest absolute Gasteiger partial charge is 0.378 e. The lowest BCUT2D eigenvalue weighted by Crippen LogP contribution is -2.49. The van der Waals surface area contributed by atoms with Gasteiger partial charge in [-0.1, -0.05) is 61.7 Å². The second-order valence-electron chi connectivity index (χ2n) is 6.24. The molecule has 128 valence electrons. The Morgan fingerprint density at radius 3 is 2.46 bits per heavy atom. The van der Waals surface area contributed by atoms with Gasteiger partial charge in [0, 0.05) is 11.8 Å². The molecular weight excluding hydrogens is 324 g/mol. The minimum Gasteiger partial charge on any atom is -0.378 e. The summed E-state index contributed by atoms with van der Waals surface area (Å²) >= 11 is 0. The van der Waals surface area contributed by atoms with Crippen molar-refractivity contribution in [2.24, 2.45) is 0 Å². The lowest BCUT2D eigenvalue weighted by atomic mass is 9.75. The van der Waals surface area contributed by atoms with Gasteiger partial charge in [0.1, 0.15) is 6.04 Å². The summed E-state index contributed by atoms with van der Waals surface area (Å²) in [5.74, 6) is 0.0539. The molecular formula is C19H23ClN2O2. The molecule has 5 heteroatoms. The number of ketones is 1. The quantitative estimate of drug-likeness (QED) is 0.636. The number of halogens is 1. The number of carbonyl (C=O) groups excluding carboxylic acids is 2. The van der Waals surface area contributed by atoms with Crippen molar-refractivity contribution in [1.82, 2.24) is 10.6 Å². The Morgan fingerprint density at radius 1 is 1.17 bits per heavy atom. The van der Waals surface area contributed by atoms with Crippen LogP contribution in [0.3, 0.4) is 0 Å². The number of amides is 1. The lowest BCUT2D eigenvalue weighted by molar-refractivity contribution is -0.111. The maximum atomic E-state index is 12.5. The summed E-state index contributed by atoms with van der Waals surface area (Å²) < 4.78 is 0. The van der Waals surface area contributed by atoms with Crippen LogP contribution in [-0.4, -0.2) is 23.8 Å². The fourth-order valence-corrected chi connectivity index (χ4v) is 3.51. The van der Waals surface area contributed by atoms with Crippen LogP contribution in [0.15, 0.2) is 54.3 Å². The molecule has 2 aliphatic rings. The fraction of sp³-hybridized carbons (Fsp3) is 0.368. The zero-order chi connectivity index (χ0) is 16.1. The van der Waals surface area contributed by atoms with Crippen molar-refractivity contribution in [3.05, 3.63) is 59.8 Å². The first-order valence-electron chi connectivity index (χ1n) is 8.21. The first-order chi connectivity index (χ1) is 11.2. The van der Waals surface area contributed by atoms with Gasteiger partial charge in [0.2, 0.25) is 6.41 Å². The van der Waals surface area contributed by atoms with Crippen molar-refractivity contribution in [3.63, 3.8) is 0 Å². The number of hydrogen-bond acceptors (Lipinski definition) is 3. The van der Waals surface area contributed by atoms with Crippen LogP contribution >= 0.6 is 12.4 Å². The van der Waals surface area contributed by atoms with Gasteiger partial charge in [-0.2, -0.15) is 0 Å². The number of benzene rings is 1. The highest BCUT2D eigenvalue weighted by atomic mass is 35.5. The SMILES string of the molecule is Cl.O=CNC1(C2=CNC(C(=O)c3ccccc3)C=C2)CCCCC1. The van der Waals surface area contributed by atoms with E-state index in [1.54, 1.807) is 0 Å². The van der Waals surface area contributed by atoms with Crippen LogP contribution in [-0.2, 0) is 4.79 Å². The van der Waals surface area contributed by atoms with Gasteiger partial charge >= 0.3 is 0 Å². The van der Waals surface area contributed by atoms with E-state index in [-0.39, 0.29) is 29.8 Å². The number of rotatable bonds is 5. The van der Waals surface area contributed by atoms with Crippen molar-refractivity contribution in [2.45, 2.75) is 43.7 Å². The van der Waals surface area contributed by atoms with Gasteiger partial charge in [0.15, 0.2) is 5.78 Å². The van der Waals surface area contributed by atoms with Crippen LogP contribution in [0.4, 0.5) is 0 Å². The maximum absolute atomic E-state index is 12.5. The number of hydrogen-bond donors (Lipinski definition) is 2. The molecule has 1 aromatic carbocycles. The number of Topliss-reactive ketones (excluding diaryl/α,β-unsaturated/α-hetero) is 1. The van der Waals surface area contributed by atoms with E-state index in [4.69, 9.17) is 0 Å². The summed E-state index contributed by atoms with van der Waals surface area (Å²) in [5.41, 5.74) is 1.47. The number of nitrogens with one attached hydrogen (secondary N) is 2. The Morgan fingerprint density at radius 2 is 1.88 bits per heavy atom. The number of dihydropyridines is 1. The first-order valence-corrected chi connectivity index (χ1v) is 8.21. The maximum Gasteiger partial charge on any atom is 0.207 e. The zero-order valence-corrected chi connectivity index (χ0v) is 14.4. The summed E-state index contributed by atoms with van der Waals surface area (Å²) in [7, 11) is 0. The summed E-state index contributed by atoms with van der Waals surface area (Å²) in [5, 5.41) is 6.21. The van der Waals surface area contributed by atoms with E-state index >= 15 is 0 Å². The molecule has 0 aromatic heterocycles. The molecule has 1 fully saturated rings. The molecule has 1 aromatic rings. The van der Waals surface area contributed by atoms with Crippen molar-refractivity contribution in [2.75, 3.05) is 0 Å². The Balaban J connectivity index is 0.00000208. The Kier molecular flexibility index (Phi) is 6.21. The van der Waals surface area contributed by atoms with Gasteiger partial charge in [-0.25, -0.2) is 0 Å². The second-order valence-corrected chi connectivity index (χ2v) is 6.24. The molecule has 24 heavy (non-hydrogen) atoms. The molecule has 1 atom stereocenters. The third-order valence-corrected chi connectivity index (χ3v) is 4.82. The molecule has 0 spiro atoms. The van der Waals surface area contributed by atoms with Crippen LogP contribution in [0.1, 0.15) is 42.5 Å². The Hall–Kier alpha value is -2.07. The molecule has 1 amide bonds. The van der Waals surface area contributed by atoms with Gasteiger partial charge in [-0.05, 0) is 18.4 Å². The first kappa shape index (κ1) is 18.3. The molecule has 0 radical (unpaired) electrons. The Labute approximate surface area is 148 Å². The van der Waals surface area contributed by atoms with Gasteiger partial charge in [0.05, 0.1) is 5.54 Å². The molecule has 1 saturated carbocycles. The average Bonchev–Trinajstić information content (AvgIpc) is 2.63. The molecule has 1 unspecified atom stereocenters. The second kappa shape index (κ2) is 8.15. The van der Waals surface area contributed by atoms with Crippen LogP contribution in [0.25, 0.3) is 0 Å². The standard InChI is InChI=1S/C19H22N2O2.ClH/c22-14-21-19(11-5-2-6-12-19)16-9-10-17(20-13-16)18(23)15-7-3-1-4-8-15;/h1,3-4,7-10,13-14,17,20H,2,5-6,11-12H2,(H,21,22);1H. The topological polar surface area (TPSA) is 58.2 Å². The Bertz CT molecular complexity index is 634. The third-order valence-electron chi connectivity index (χ3n) is 4.82. The van der Waals surface area contributed by atoms with E-state index in [2.05, 4.69) is 10.6 Å². The smallest absolute Gasteiger partial charge is 0.207 e. The fourth-order valence-electron chi connectivity index (χ4n) is 3.51. The van der Waals surface area contributed by atoms with Crippen LogP contribution in [0.5, 0.6) is 0 Å². The predicted molar refractivity (Wildman–Crippen MR) is 97.2 cm³/mol. The molecule has 4 nitrogen and oxygen atoms in total. The van der Waals surface area contributed by atoms with Crippen molar-refractivity contribution in [3.8, 4) is 0 Å². The summed E-state index contributed by atoms with van der Waals surface area (Å²) in [6, 6.07) is 8.94. The normalized spacial score (nSPS) is 21.7. The highest BCUT2D eigenvalue weighted by molar-refractivity contribution is 6.01. The van der Waals surface area contributed by atoms with Gasteiger partial charge in [0.25, 0.3) is 0 Å². The summed E-state index contributed by atoms with van der Waals surface area (Å²) in [6.07, 6.45) is 11.9. The van der Waals surface area contributed by atoms with Gasteiger partial charge in [-0.3, -0.25) is 9.59 Å². The van der Waals surface area contributed by atoms with E-state index in [1.165, 1.54) is 6.42 Å². The average molecular weight is 347 g/mol. The minimum atomic E-state index is -0.349. The van der Waals surface area contributed by atoms with Gasteiger partial charge in [-0.15, -0.1) is 12.4 Å². The summed E-state index contributed by atoms with van der Waals surface area (Å²) in [4.78, 5) is 23.5. The molecule has 1 heterocycles. The van der Waals surface area contributed by atoms with E-state index in [1.807, 2.05) is 48.7 Å². The molecule has 0 saturated heterocycles. The van der Waals surface area contributed by atoms with Crippen molar-refractivity contribution < 1.29 is 9.59 Å². The molecule has 1 aliphatic heterocycles. The third kappa shape index (κ3) is 3.70. The summed E-state index contributed by atoms with van der Waals surface area (Å²) in [6.45, 7) is 0. The molecule has 2 N–H and O–H groups in total. The van der Waals surface area contributed by atoms with Crippen LogP contribution in [0.2, 0.25) is 0 Å². The molecule has 3 rings (SSSR count). The lowest BCUT2D eigenvalue weighted by Gasteiger charge is -2.39. The van der Waals surface area contributed by atoms with Crippen molar-refractivity contribution >= 4 is 24.6 Å². The van der Waals surface area contributed by atoms with E-state index < -0.39 is 0 Å². The highest BCUT2D eigenvalue weighted by Gasteiger charge is 2.35. The van der Waals surface area contributed by atoms with E-state index in [0.29, 0.717) is 5.56 Å². The molecule has 1 aliphatic carbocycles. The van der Waals surface area contributed by atoms with Gasteiger partial charge < -0.3 is 10.6 Å². The van der Waals surface area contributed by atoms with E-state index in [0.717, 1.165) is 37.7 Å². The molecule has 0 bridgehead atoms. The van der Waals surface area contributed by atoms with Crippen LogP contribution < -0.4 is 10.6 Å². The van der Waals surface area contributed by atoms with Crippen LogP contribution in [0, 0.1) is 0 Å². The predicted octanol–water partition coefficient (Wildman–Crippen LogP) is 3.15. The minimum absolute atomic E-state index is 0. The van der Waals surface area contributed by atoms with E-state index in [9.17, 15) is 9.59 Å². The highest BCUT2D eigenvalue weighted by Crippen LogP contribution is 2.35. The number of carbonyl (C=O) groups is 2. The van der Waals surface area contributed by atoms with Crippen molar-refractivity contribution in [1.29, 1.82) is 0 Å². The monoisotopic (exact) mass is 346 g/mol. The zero-order valence-electron chi connectivity index (χ0n) is 13.5.